The lowest BCUT2D eigenvalue weighted by atomic mass is 9.88. The third-order valence-electron chi connectivity index (χ3n) is 9.66. The second-order valence-electron chi connectivity index (χ2n) is 12.4. The van der Waals surface area contributed by atoms with E-state index in [1.165, 1.54) is 7.11 Å². The molecule has 5 heterocycles. The molecule has 0 radical (unpaired) electrons. The van der Waals surface area contributed by atoms with Gasteiger partial charge in [-0.05, 0) is 80.7 Å². The van der Waals surface area contributed by atoms with Gasteiger partial charge in [0.1, 0.15) is 11.4 Å². The molecule has 2 aromatic heterocycles. The standard InChI is InChI=1S/C36H34N4O6/c1-36(28-8-6-24(19-37)27-13-17-44-33(27)28)45-31-5-3-4-26(34(31)46-36)22-10-14-39(15-11-22)21-32-38-29-9-7-23(35(41)42-2)18-30(29)40(32)20-25-12-16-43-25/h3-9,13,17-18,22,25H,10-12,14-16,20-21H2,1-2H3/t25-,36?/m0/s1. The van der Waals surface area contributed by atoms with Gasteiger partial charge in [0.05, 0.1) is 66.4 Å². The van der Waals surface area contributed by atoms with Crippen LogP contribution in [-0.2, 0) is 28.4 Å². The summed E-state index contributed by atoms with van der Waals surface area (Å²) >= 11 is 0. The largest absolute Gasteiger partial charge is 0.465 e. The topological polar surface area (TPSA) is 112 Å². The Hall–Kier alpha value is -4.85. The maximum atomic E-state index is 12.3. The van der Waals surface area contributed by atoms with Crippen molar-refractivity contribution < 1.29 is 28.2 Å². The number of piperidine rings is 1. The number of furan rings is 1. The molecule has 3 aromatic carbocycles. The fraction of sp³-hybridized carbons (Fsp3) is 0.361. The maximum absolute atomic E-state index is 12.3. The molecule has 1 unspecified atom stereocenters. The highest BCUT2D eigenvalue weighted by atomic mass is 16.7. The van der Waals surface area contributed by atoms with Gasteiger partial charge in [-0.25, -0.2) is 9.78 Å². The van der Waals surface area contributed by atoms with Crippen LogP contribution in [0.15, 0.2) is 65.3 Å². The van der Waals surface area contributed by atoms with Crippen LogP contribution in [0.5, 0.6) is 11.5 Å². The van der Waals surface area contributed by atoms with Gasteiger partial charge in [-0.3, -0.25) is 4.90 Å². The number of aromatic nitrogens is 2. The van der Waals surface area contributed by atoms with Crippen LogP contribution in [0, 0.1) is 11.3 Å². The monoisotopic (exact) mass is 618 g/mol. The summed E-state index contributed by atoms with van der Waals surface area (Å²) in [6, 6.07) is 19.4. The third-order valence-corrected chi connectivity index (χ3v) is 9.66. The molecule has 2 fully saturated rings. The maximum Gasteiger partial charge on any atom is 0.337 e. The molecule has 0 N–H and O–H groups in total. The molecule has 2 saturated heterocycles. The van der Waals surface area contributed by atoms with Gasteiger partial charge >= 0.3 is 5.97 Å². The number of nitrogens with zero attached hydrogens (tertiary/aromatic N) is 4. The van der Waals surface area contributed by atoms with Gasteiger partial charge in [0.25, 0.3) is 5.79 Å². The fourth-order valence-electron chi connectivity index (χ4n) is 7.07. The molecule has 0 saturated carbocycles. The van der Waals surface area contributed by atoms with E-state index in [1.807, 2.05) is 37.3 Å². The highest BCUT2D eigenvalue weighted by Gasteiger charge is 2.43. The lowest BCUT2D eigenvalue weighted by molar-refractivity contribution is -0.0678. The first-order valence-corrected chi connectivity index (χ1v) is 15.8. The molecule has 2 atom stereocenters. The lowest BCUT2D eigenvalue weighted by Gasteiger charge is -2.33. The molecule has 8 rings (SSSR count). The number of methoxy groups -OCH3 is 1. The van der Waals surface area contributed by atoms with E-state index in [0.717, 1.165) is 78.1 Å². The summed E-state index contributed by atoms with van der Waals surface area (Å²) in [5.74, 6) is 1.34. The molecular formula is C36H34N4O6. The molecule has 46 heavy (non-hydrogen) atoms. The number of likely N-dealkylation sites (tertiary alicyclic amines) is 1. The van der Waals surface area contributed by atoms with Gasteiger partial charge in [0, 0.05) is 24.5 Å². The van der Waals surface area contributed by atoms with E-state index in [1.54, 1.807) is 24.5 Å². The quantitative estimate of drug-likeness (QED) is 0.195. The van der Waals surface area contributed by atoms with Gasteiger partial charge in [0.15, 0.2) is 11.5 Å². The third kappa shape index (κ3) is 4.78. The summed E-state index contributed by atoms with van der Waals surface area (Å²) < 4.78 is 31.8. The lowest BCUT2D eigenvalue weighted by Crippen LogP contribution is -2.35. The summed E-state index contributed by atoms with van der Waals surface area (Å²) in [5.41, 5.74) is 5.36. The second kappa shape index (κ2) is 11.2. The van der Waals surface area contributed by atoms with E-state index in [9.17, 15) is 10.1 Å². The number of benzene rings is 3. The zero-order valence-electron chi connectivity index (χ0n) is 25.8. The Morgan fingerprint density at radius 1 is 1.11 bits per heavy atom. The zero-order valence-corrected chi connectivity index (χ0v) is 25.8. The Morgan fingerprint density at radius 2 is 1.96 bits per heavy atom. The molecule has 0 spiro atoms. The van der Waals surface area contributed by atoms with E-state index in [4.69, 9.17) is 28.3 Å². The number of hydrogen-bond acceptors (Lipinski definition) is 9. The number of esters is 1. The summed E-state index contributed by atoms with van der Waals surface area (Å²) in [7, 11) is 1.40. The molecule has 0 aliphatic carbocycles. The first-order chi connectivity index (χ1) is 22.4. The molecule has 234 valence electrons. The Labute approximate surface area is 266 Å². The van der Waals surface area contributed by atoms with Crippen LogP contribution < -0.4 is 9.47 Å². The average molecular weight is 619 g/mol. The van der Waals surface area contributed by atoms with Crippen LogP contribution in [-0.4, -0.2) is 53.3 Å². The zero-order chi connectivity index (χ0) is 31.4. The number of fused-ring (bicyclic) bond motifs is 3. The van der Waals surface area contributed by atoms with Crippen LogP contribution in [0.1, 0.15) is 65.0 Å². The van der Waals surface area contributed by atoms with Crippen molar-refractivity contribution in [2.24, 2.45) is 0 Å². The Bertz CT molecular complexity index is 2010. The minimum Gasteiger partial charge on any atom is -0.465 e. The number of ether oxygens (including phenoxy) is 4. The van der Waals surface area contributed by atoms with E-state index in [-0.39, 0.29) is 12.1 Å². The number of carbonyl (C=O) groups excluding carboxylic acids is 1. The van der Waals surface area contributed by atoms with E-state index in [0.29, 0.717) is 41.5 Å². The van der Waals surface area contributed by atoms with E-state index < -0.39 is 5.79 Å². The van der Waals surface area contributed by atoms with Gasteiger partial charge < -0.3 is 27.9 Å². The van der Waals surface area contributed by atoms with Crippen molar-refractivity contribution in [2.75, 3.05) is 26.8 Å². The normalized spacial score (nSPS) is 21.4. The molecule has 0 bridgehead atoms. The minimum absolute atomic E-state index is 0.157. The van der Waals surface area contributed by atoms with Crippen LogP contribution in [0.2, 0.25) is 0 Å². The molecule has 0 amide bonds. The first kappa shape index (κ1) is 28.6. The fourth-order valence-corrected chi connectivity index (χ4v) is 7.07. The van der Waals surface area contributed by atoms with Crippen LogP contribution in [0.3, 0.4) is 0 Å². The molecule has 5 aromatic rings. The van der Waals surface area contributed by atoms with Crippen molar-refractivity contribution in [1.82, 2.24) is 14.5 Å². The Balaban J connectivity index is 1.01. The summed E-state index contributed by atoms with van der Waals surface area (Å²) in [4.78, 5) is 19.7. The van der Waals surface area contributed by atoms with Crippen LogP contribution >= 0.6 is 0 Å². The number of nitriles is 1. The smallest absolute Gasteiger partial charge is 0.337 e. The van der Waals surface area contributed by atoms with Gasteiger partial charge in [-0.15, -0.1) is 0 Å². The molecule has 10 nitrogen and oxygen atoms in total. The molecule has 3 aliphatic rings. The second-order valence-corrected chi connectivity index (χ2v) is 12.4. The van der Waals surface area contributed by atoms with Crippen LogP contribution in [0.4, 0.5) is 0 Å². The Kier molecular flexibility index (Phi) is 6.96. The number of carbonyl (C=O) groups is 1. The van der Waals surface area contributed by atoms with Crippen LogP contribution in [0.25, 0.3) is 22.0 Å². The molecular weight excluding hydrogens is 584 g/mol. The summed E-state index contributed by atoms with van der Waals surface area (Å²) in [6.45, 7) is 5.92. The van der Waals surface area contributed by atoms with Crippen molar-refractivity contribution >= 4 is 28.0 Å². The number of rotatable bonds is 7. The highest BCUT2D eigenvalue weighted by molar-refractivity contribution is 5.93. The minimum atomic E-state index is -1.08. The first-order valence-electron chi connectivity index (χ1n) is 15.8. The summed E-state index contributed by atoms with van der Waals surface area (Å²) in [6.07, 6.45) is 4.70. The van der Waals surface area contributed by atoms with Gasteiger partial charge in [-0.2, -0.15) is 5.26 Å². The molecule has 10 heteroatoms. The predicted octanol–water partition coefficient (Wildman–Crippen LogP) is 6.25. The number of imidazole rings is 1. The van der Waals surface area contributed by atoms with E-state index in [2.05, 4.69) is 21.6 Å². The highest BCUT2D eigenvalue weighted by Crippen LogP contribution is 2.50. The van der Waals surface area contributed by atoms with Crippen molar-refractivity contribution in [1.29, 1.82) is 5.26 Å². The number of hydrogen-bond donors (Lipinski definition) is 0. The van der Waals surface area contributed by atoms with Crippen molar-refractivity contribution in [3.8, 4) is 17.6 Å². The van der Waals surface area contributed by atoms with Gasteiger partial charge in [0.2, 0.25) is 0 Å². The summed E-state index contributed by atoms with van der Waals surface area (Å²) in [5, 5.41) is 10.3. The predicted molar refractivity (Wildman–Crippen MR) is 169 cm³/mol. The van der Waals surface area contributed by atoms with E-state index >= 15 is 0 Å². The van der Waals surface area contributed by atoms with Crippen molar-refractivity contribution in [3.05, 3.63) is 88.9 Å². The van der Waals surface area contributed by atoms with Gasteiger partial charge in [-0.1, -0.05) is 12.1 Å². The van der Waals surface area contributed by atoms with Crippen molar-refractivity contribution in [2.45, 2.75) is 57.1 Å². The van der Waals surface area contributed by atoms with Crippen molar-refractivity contribution in [3.63, 3.8) is 0 Å². The SMILES string of the molecule is COC(=O)c1ccc2nc(CN3CCC(c4cccc5c4OC(C)(c4ccc(C#N)c6ccoc46)O5)CC3)n(C[C@@H]3CCO3)c2c1. The number of para-hydroxylation sites is 1. The average Bonchev–Trinajstić information content (AvgIpc) is 3.77. The molecule has 3 aliphatic heterocycles. The Morgan fingerprint density at radius 3 is 2.72 bits per heavy atom.